The highest BCUT2D eigenvalue weighted by Gasteiger charge is 2.40. The quantitative estimate of drug-likeness (QED) is 0.606. The van der Waals surface area contributed by atoms with Crippen LogP contribution in [0.2, 0.25) is 0 Å². The van der Waals surface area contributed by atoms with Crippen molar-refractivity contribution in [1.29, 1.82) is 0 Å². The second kappa shape index (κ2) is 10.1. The first kappa shape index (κ1) is 24.8. The number of nitrogens with one attached hydrogen (secondary N) is 2. The Hall–Kier alpha value is -3.33. The van der Waals surface area contributed by atoms with Crippen LogP contribution in [0.15, 0.2) is 60.9 Å². The van der Waals surface area contributed by atoms with E-state index < -0.39 is 11.7 Å². The van der Waals surface area contributed by atoms with Gasteiger partial charge in [0.1, 0.15) is 6.04 Å². The standard InChI is InChI=1S/C26H29F3N4O2/c1-17(2)19-5-7-20(8-6-19)22-15-23-25(35)32(13-14-33(23)31-22)12-11-24(34)30-16-18-3-9-21(10-4-18)26(27,28)29/h3-10,13-14,17,22-23,31H,11-12,15-16H2,1-2H3,(H,30,34). The fourth-order valence-corrected chi connectivity index (χ4v) is 4.27. The lowest BCUT2D eigenvalue weighted by Gasteiger charge is -2.31. The number of rotatable bonds is 7. The predicted molar refractivity (Wildman–Crippen MR) is 125 cm³/mol. The molecule has 2 unspecified atom stereocenters. The monoisotopic (exact) mass is 486 g/mol. The van der Waals surface area contributed by atoms with Gasteiger partial charge in [0.05, 0.1) is 11.6 Å². The van der Waals surface area contributed by atoms with E-state index in [4.69, 9.17) is 0 Å². The SMILES string of the molecule is CC(C)c1ccc(C2CC3C(=O)N(CCC(=O)NCc4ccc(C(F)(F)F)cc4)C=CN3N2)cc1. The van der Waals surface area contributed by atoms with Crippen LogP contribution in [0.5, 0.6) is 0 Å². The molecule has 0 aromatic heterocycles. The van der Waals surface area contributed by atoms with Gasteiger partial charge in [0.15, 0.2) is 0 Å². The van der Waals surface area contributed by atoms with E-state index in [0.29, 0.717) is 17.9 Å². The summed E-state index contributed by atoms with van der Waals surface area (Å²) < 4.78 is 38.0. The van der Waals surface area contributed by atoms with Gasteiger partial charge in [-0.2, -0.15) is 13.2 Å². The van der Waals surface area contributed by atoms with Gasteiger partial charge < -0.3 is 15.2 Å². The predicted octanol–water partition coefficient (Wildman–Crippen LogP) is 4.47. The maximum Gasteiger partial charge on any atom is 0.416 e. The van der Waals surface area contributed by atoms with Crippen molar-refractivity contribution < 1.29 is 22.8 Å². The zero-order valence-electron chi connectivity index (χ0n) is 19.7. The number of hydrogen-bond acceptors (Lipinski definition) is 4. The van der Waals surface area contributed by atoms with Gasteiger partial charge in [0.2, 0.25) is 5.91 Å². The number of fused-ring (bicyclic) bond motifs is 1. The number of carbonyl (C=O) groups excluding carboxylic acids is 2. The Morgan fingerprint density at radius 3 is 2.40 bits per heavy atom. The van der Waals surface area contributed by atoms with Crippen LogP contribution in [-0.4, -0.2) is 34.3 Å². The van der Waals surface area contributed by atoms with Gasteiger partial charge >= 0.3 is 6.18 Å². The van der Waals surface area contributed by atoms with E-state index in [9.17, 15) is 22.8 Å². The molecule has 2 atom stereocenters. The van der Waals surface area contributed by atoms with Crippen molar-refractivity contribution >= 4 is 11.8 Å². The average molecular weight is 487 g/mol. The third-order valence-corrected chi connectivity index (χ3v) is 6.43. The molecule has 0 spiro atoms. The van der Waals surface area contributed by atoms with E-state index in [1.165, 1.54) is 17.7 Å². The maximum atomic E-state index is 13.0. The number of hydrogen-bond donors (Lipinski definition) is 2. The highest BCUT2D eigenvalue weighted by molar-refractivity contribution is 5.85. The lowest BCUT2D eigenvalue weighted by molar-refractivity contribution is -0.138. The molecular formula is C26H29F3N4O2. The molecule has 2 aliphatic heterocycles. The average Bonchev–Trinajstić information content (AvgIpc) is 3.27. The minimum Gasteiger partial charge on any atom is -0.352 e. The maximum absolute atomic E-state index is 13.0. The highest BCUT2D eigenvalue weighted by atomic mass is 19.4. The van der Waals surface area contributed by atoms with Gasteiger partial charge in [-0.05, 0) is 41.2 Å². The molecule has 1 fully saturated rings. The van der Waals surface area contributed by atoms with E-state index in [1.807, 2.05) is 11.2 Å². The summed E-state index contributed by atoms with van der Waals surface area (Å²) in [5.41, 5.74) is 5.61. The van der Waals surface area contributed by atoms with Crippen molar-refractivity contribution in [3.63, 3.8) is 0 Å². The number of carbonyl (C=O) groups is 2. The van der Waals surface area contributed by atoms with Crippen molar-refractivity contribution in [2.45, 2.75) is 57.4 Å². The van der Waals surface area contributed by atoms with Gasteiger partial charge in [-0.15, -0.1) is 0 Å². The third kappa shape index (κ3) is 5.85. The van der Waals surface area contributed by atoms with Gasteiger partial charge in [-0.1, -0.05) is 50.2 Å². The summed E-state index contributed by atoms with van der Waals surface area (Å²) in [6, 6.07) is 12.8. The van der Waals surface area contributed by atoms with Gasteiger partial charge in [-0.25, -0.2) is 5.43 Å². The third-order valence-electron chi connectivity index (χ3n) is 6.43. The van der Waals surface area contributed by atoms with Crippen molar-refractivity contribution in [3.05, 3.63) is 83.2 Å². The van der Waals surface area contributed by atoms with Crippen LogP contribution in [0.3, 0.4) is 0 Å². The Bertz CT molecular complexity index is 1080. The Labute approximate surface area is 202 Å². The first-order valence-corrected chi connectivity index (χ1v) is 11.7. The summed E-state index contributed by atoms with van der Waals surface area (Å²) in [4.78, 5) is 26.8. The molecule has 6 nitrogen and oxygen atoms in total. The number of amides is 2. The molecule has 4 rings (SSSR count). The minimum atomic E-state index is -4.39. The molecule has 2 N–H and O–H groups in total. The van der Waals surface area contributed by atoms with Crippen LogP contribution in [0.4, 0.5) is 13.2 Å². The fraction of sp³-hybridized carbons (Fsp3) is 0.385. The molecule has 186 valence electrons. The summed E-state index contributed by atoms with van der Waals surface area (Å²) in [5.74, 6) is 0.107. The first-order chi connectivity index (χ1) is 16.6. The fourth-order valence-electron chi connectivity index (χ4n) is 4.27. The molecule has 9 heteroatoms. The molecule has 1 saturated heterocycles. The molecule has 2 aliphatic rings. The number of nitrogens with zero attached hydrogens (tertiary/aromatic N) is 2. The number of hydrazine groups is 1. The molecule has 0 saturated carbocycles. The molecular weight excluding hydrogens is 457 g/mol. The lowest BCUT2D eigenvalue weighted by atomic mass is 9.97. The Kier molecular flexibility index (Phi) is 7.16. The number of alkyl halides is 3. The van der Waals surface area contributed by atoms with Crippen LogP contribution in [-0.2, 0) is 22.3 Å². The Morgan fingerprint density at radius 1 is 1.09 bits per heavy atom. The second-order valence-corrected chi connectivity index (χ2v) is 9.21. The highest BCUT2D eigenvalue weighted by Crippen LogP contribution is 2.32. The van der Waals surface area contributed by atoms with E-state index in [0.717, 1.165) is 17.7 Å². The van der Waals surface area contributed by atoms with E-state index in [1.54, 1.807) is 11.1 Å². The molecule has 2 heterocycles. The lowest BCUT2D eigenvalue weighted by Crippen LogP contribution is -2.48. The topological polar surface area (TPSA) is 64.7 Å². The molecule has 2 aromatic rings. The van der Waals surface area contributed by atoms with E-state index >= 15 is 0 Å². The molecule has 35 heavy (non-hydrogen) atoms. The number of halogens is 3. The second-order valence-electron chi connectivity index (χ2n) is 9.21. The summed E-state index contributed by atoms with van der Waals surface area (Å²) in [5, 5.41) is 4.52. The minimum absolute atomic E-state index is 0.0294. The molecule has 0 bridgehead atoms. The normalized spacial score (nSPS) is 19.9. The largest absolute Gasteiger partial charge is 0.416 e. The van der Waals surface area contributed by atoms with Gasteiger partial charge in [0.25, 0.3) is 5.91 Å². The van der Waals surface area contributed by atoms with Crippen LogP contribution in [0.25, 0.3) is 0 Å². The van der Waals surface area contributed by atoms with Crippen molar-refractivity contribution in [2.24, 2.45) is 0 Å². The summed E-state index contributed by atoms with van der Waals surface area (Å²) in [6.07, 6.45) is -0.190. The van der Waals surface area contributed by atoms with Gasteiger partial charge in [-0.3, -0.25) is 9.59 Å². The smallest absolute Gasteiger partial charge is 0.352 e. The number of benzene rings is 2. The van der Waals surface area contributed by atoms with E-state index in [-0.39, 0.29) is 43.4 Å². The van der Waals surface area contributed by atoms with Crippen molar-refractivity contribution in [3.8, 4) is 0 Å². The molecule has 2 aromatic carbocycles. The summed E-state index contributed by atoms with van der Waals surface area (Å²) in [6.45, 7) is 4.65. The van der Waals surface area contributed by atoms with Crippen LogP contribution in [0.1, 0.15) is 60.9 Å². The van der Waals surface area contributed by atoms with E-state index in [2.05, 4.69) is 48.9 Å². The van der Waals surface area contributed by atoms with Gasteiger partial charge in [0, 0.05) is 31.9 Å². The Morgan fingerprint density at radius 2 is 1.77 bits per heavy atom. The zero-order valence-corrected chi connectivity index (χ0v) is 19.7. The molecule has 2 amide bonds. The van der Waals surface area contributed by atoms with Crippen molar-refractivity contribution in [1.82, 2.24) is 20.7 Å². The molecule has 0 radical (unpaired) electrons. The molecule has 0 aliphatic carbocycles. The zero-order chi connectivity index (χ0) is 25.2. The van der Waals surface area contributed by atoms with Crippen LogP contribution < -0.4 is 10.7 Å². The van der Waals surface area contributed by atoms with Crippen LogP contribution in [0, 0.1) is 0 Å². The van der Waals surface area contributed by atoms with Crippen LogP contribution >= 0.6 is 0 Å². The summed E-state index contributed by atoms with van der Waals surface area (Å²) >= 11 is 0. The first-order valence-electron chi connectivity index (χ1n) is 11.7. The Balaban J connectivity index is 1.26. The summed E-state index contributed by atoms with van der Waals surface area (Å²) in [7, 11) is 0. The van der Waals surface area contributed by atoms with Crippen molar-refractivity contribution in [2.75, 3.05) is 6.54 Å².